The van der Waals surface area contributed by atoms with E-state index in [-0.39, 0.29) is 17.7 Å². The highest BCUT2D eigenvalue weighted by Gasteiger charge is 2.21. The second-order valence-corrected chi connectivity index (χ2v) is 4.98. The number of phenols is 1. The van der Waals surface area contributed by atoms with Crippen molar-refractivity contribution < 1.29 is 34.4 Å². The molecule has 0 fully saturated rings. The lowest BCUT2D eigenvalue weighted by molar-refractivity contribution is -0.141. The highest BCUT2D eigenvalue weighted by atomic mass is 16.5. The predicted molar refractivity (Wildman–Crippen MR) is 84.2 cm³/mol. The molecule has 0 aliphatic carbocycles. The van der Waals surface area contributed by atoms with Crippen molar-refractivity contribution in [2.75, 3.05) is 25.6 Å². The molecule has 132 valence electrons. The van der Waals surface area contributed by atoms with Gasteiger partial charge in [-0.25, -0.2) is 4.79 Å². The van der Waals surface area contributed by atoms with Gasteiger partial charge in [0.15, 0.2) is 0 Å². The summed E-state index contributed by atoms with van der Waals surface area (Å²) in [5, 5.41) is 32.6. The maximum absolute atomic E-state index is 11.9. The Bertz CT molecular complexity index is 603. The number of carbonyl (C=O) groups is 3. The normalized spacial score (nSPS) is 11.7. The number of aliphatic carboxylic acids is 1. The fourth-order valence-corrected chi connectivity index (χ4v) is 1.92. The number of aromatic hydroxyl groups is 1. The summed E-state index contributed by atoms with van der Waals surface area (Å²) in [6.07, 6.45) is 0.271. The number of carboxylic acids is 2. The number of ether oxygens (including phenoxy) is 1. The molecule has 1 atom stereocenters. The van der Waals surface area contributed by atoms with Gasteiger partial charge >= 0.3 is 11.9 Å². The summed E-state index contributed by atoms with van der Waals surface area (Å²) in [4.78, 5) is 34.0. The number of anilines is 1. The summed E-state index contributed by atoms with van der Waals surface area (Å²) in [5.74, 6) is -3.53. The Kier molecular flexibility index (Phi) is 7.66. The molecule has 1 amide bonds. The van der Waals surface area contributed by atoms with E-state index in [0.717, 1.165) is 12.1 Å². The molecule has 1 rings (SSSR count). The highest BCUT2D eigenvalue weighted by molar-refractivity contribution is 5.97. The van der Waals surface area contributed by atoms with Crippen molar-refractivity contribution in [2.45, 2.75) is 18.9 Å². The molecule has 0 aromatic heterocycles. The monoisotopic (exact) mass is 340 g/mol. The van der Waals surface area contributed by atoms with Crippen LogP contribution in [-0.4, -0.2) is 59.5 Å². The zero-order chi connectivity index (χ0) is 18.1. The largest absolute Gasteiger partial charge is 0.507 e. The first-order valence-electron chi connectivity index (χ1n) is 7.16. The summed E-state index contributed by atoms with van der Waals surface area (Å²) < 4.78 is 4.85. The van der Waals surface area contributed by atoms with Crippen LogP contribution in [0.2, 0.25) is 0 Å². The van der Waals surface area contributed by atoms with E-state index in [1.807, 2.05) is 0 Å². The van der Waals surface area contributed by atoms with E-state index >= 15 is 0 Å². The van der Waals surface area contributed by atoms with Crippen molar-refractivity contribution in [2.24, 2.45) is 0 Å². The van der Waals surface area contributed by atoms with Gasteiger partial charge in [0.1, 0.15) is 17.4 Å². The summed E-state index contributed by atoms with van der Waals surface area (Å²) in [5.41, 5.74) is -0.209. The Morgan fingerprint density at radius 1 is 1.25 bits per heavy atom. The first-order valence-corrected chi connectivity index (χ1v) is 7.16. The third-order valence-electron chi connectivity index (χ3n) is 3.11. The molecule has 0 saturated carbocycles. The van der Waals surface area contributed by atoms with Crippen molar-refractivity contribution in [3.63, 3.8) is 0 Å². The van der Waals surface area contributed by atoms with Gasteiger partial charge in [-0.3, -0.25) is 9.59 Å². The minimum Gasteiger partial charge on any atom is -0.507 e. The summed E-state index contributed by atoms with van der Waals surface area (Å²) in [6, 6.07) is 2.48. The third kappa shape index (κ3) is 6.23. The number of hydrogen-bond acceptors (Lipinski definition) is 6. The molecule has 0 spiro atoms. The van der Waals surface area contributed by atoms with Crippen LogP contribution in [0.15, 0.2) is 18.2 Å². The molecular weight excluding hydrogens is 320 g/mol. The number of benzene rings is 1. The van der Waals surface area contributed by atoms with Crippen LogP contribution in [0.25, 0.3) is 0 Å². The fraction of sp³-hybridized carbons (Fsp3) is 0.400. The molecule has 0 unspecified atom stereocenters. The van der Waals surface area contributed by atoms with E-state index in [1.165, 1.54) is 13.2 Å². The predicted octanol–water partition coefficient (Wildman–Crippen LogP) is 0.498. The second-order valence-electron chi connectivity index (χ2n) is 4.98. The minimum absolute atomic E-state index is 0.152. The zero-order valence-electron chi connectivity index (χ0n) is 13.1. The Morgan fingerprint density at radius 3 is 2.54 bits per heavy atom. The number of rotatable bonds is 10. The van der Waals surface area contributed by atoms with Crippen molar-refractivity contribution in [1.82, 2.24) is 5.32 Å². The van der Waals surface area contributed by atoms with Crippen molar-refractivity contribution in [1.29, 1.82) is 0 Å². The van der Waals surface area contributed by atoms with Crippen molar-refractivity contribution >= 4 is 23.5 Å². The standard InChI is InChI=1S/C15H20N2O7/c1-24-6-2-5-16-11(15(22)23)8-13(19)17-9-3-4-12(18)10(7-9)14(20)21/h3-4,7,11,16,18H,2,5-6,8H2,1H3,(H,17,19)(H,20,21)(H,22,23)/t11-/m1/s1. The number of amides is 1. The molecule has 9 nitrogen and oxygen atoms in total. The van der Waals surface area contributed by atoms with Gasteiger partial charge in [-0.05, 0) is 31.2 Å². The lowest BCUT2D eigenvalue weighted by atomic mass is 10.1. The zero-order valence-corrected chi connectivity index (χ0v) is 13.1. The average molecular weight is 340 g/mol. The van der Waals surface area contributed by atoms with Gasteiger partial charge in [-0.2, -0.15) is 0 Å². The van der Waals surface area contributed by atoms with Crippen LogP contribution in [0, 0.1) is 0 Å². The third-order valence-corrected chi connectivity index (χ3v) is 3.11. The van der Waals surface area contributed by atoms with E-state index in [9.17, 15) is 19.5 Å². The quantitative estimate of drug-likeness (QED) is 0.306. The van der Waals surface area contributed by atoms with Gasteiger partial charge in [0.2, 0.25) is 5.91 Å². The van der Waals surface area contributed by atoms with Crippen LogP contribution in [0.3, 0.4) is 0 Å². The summed E-state index contributed by atoms with van der Waals surface area (Å²) >= 11 is 0. The maximum Gasteiger partial charge on any atom is 0.339 e. The molecule has 0 bridgehead atoms. The van der Waals surface area contributed by atoms with Crippen LogP contribution in [0.4, 0.5) is 5.69 Å². The van der Waals surface area contributed by atoms with Crippen molar-refractivity contribution in [3.05, 3.63) is 23.8 Å². The van der Waals surface area contributed by atoms with Crippen LogP contribution >= 0.6 is 0 Å². The van der Waals surface area contributed by atoms with Crippen LogP contribution in [0.5, 0.6) is 5.75 Å². The molecule has 0 aliphatic rings. The average Bonchev–Trinajstić information content (AvgIpc) is 2.51. The number of carboxylic acid groups (broad SMARTS) is 2. The van der Waals surface area contributed by atoms with Gasteiger partial charge in [-0.15, -0.1) is 0 Å². The molecule has 1 aromatic rings. The number of methoxy groups -OCH3 is 1. The Hall–Kier alpha value is -2.65. The van der Waals surface area contributed by atoms with Gasteiger partial charge in [0.05, 0.1) is 6.42 Å². The lowest BCUT2D eigenvalue weighted by Crippen LogP contribution is -2.40. The van der Waals surface area contributed by atoms with E-state index in [0.29, 0.717) is 19.6 Å². The topological polar surface area (TPSA) is 145 Å². The van der Waals surface area contributed by atoms with Crippen LogP contribution < -0.4 is 10.6 Å². The Morgan fingerprint density at radius 2 is 1.96 bits per heavy atom. The van der Waals surface area contributed by atoms with Gasteiger partial charge < -0.3 is 30.7 Å². The van der Waals surface area contributed by atoms with Gasteiger partial charge in [-0.1, -0.05) is 0 Å². The lowest BCUT2D eigenvalue weighted by Gasteiger charge is -2.14. The molecule has 0 saturated heterocycles. The molecule has 5 N–H and O–H groups in total. The smallest absolute Gasteiger partial charge is 0.339 e. The van der Waals surface area contributed by atoms with Gasteiger partial charge in [0, 0.05) is 19.4 Å². The summed E-state index contributed by atoms with van der Waals surface area (Å²) in [7, 11) is 1.53. The molecule has 9 heteroatoms. The maximum atomic E-state index is 11.9. The van der Waals surface area contributed by atoms with E-state index in [4.69, 9.17) is 14.9 Å². The molecule has 24 heavy (non-hydrogen) atoms. The fourth-order valence-electron chi connectivity index (χ4n) is 1.92. The molecule has 0 radical (unpaired) electrons. The summed E-state index contributed by atoms with van der Waals surface area (Å²) in [6.45, 7) is 0.845. The first kappa shape index (κ1) is 19.4. The molecule has 1 aromatic carbocycles. The van der Waals surface area contributed by atoms with Crippen LogP contribution in [0.1, 0.15) is 23.2 Å². The second kappa shape index (κ2) is 9.48. The number of carbonyl (C=O) groups excluding carboxylic acids is 1. The molecular formula is C15H20N2O7. The Balaban J connectivity index is 2.64. The molecule has 0 aliphatic heterocycles. The highest BCUT2D eigenvalue weighted by Crippen LogP contribution is 2.21. The SMILES string of the molecule is COCCCN[C@H](CC(=O)Nc1ccc(O)c(C(=O)O)c1)C(=O)O. The number of nitrogens with one attached hydrogen (secondary N) is 2. The van der Waals surface area contributed by atoms with E-state index < -0.39 is 29.6 Å². The van der Waals surface area contributed by atoms with E-state index in [1.54, 1.807) is 0 Å². The number of aromatic carboxylic acids is 1. The van der Waals surface area contributed by atoms with Crippen LogP contribution in [-0.2, 0) is 14.3 Å². The van der Waals surface area contributed by atoms with Gasteiger partial charge in [0.25, 0.3) is 0 Å². The first-order chi connectivity index (χ1) is 11.3. The van der Waals surface area contributed by atoms with Crippen molar-refractivity contribution in [3.8, 4) is 5.75 Å². The minimum atomic E-state index is -1.34. The molecule has 0 heterocycles. The Labute approximate surface area is 138 Å². The van der Waals surface area contributed by atoms with E-state index in [2.05, 4.69) is 10.6 Å². The number of hydrogen-bond donors (Lipinski definition) is 5.